The minimum Gasteiger partial charge on any atom is -0.389 e. The highest BCUT2D eigenvalue weighted by Crippen LogP contribution is 2.27. The molecule has 2 heterocycles. The summed E-state index contributed by atoms with van der Waals surface area (Å²) in [4.78, 5) is 6.68. The second-order valence-corrected chi connectivity index (χ2v) is 5.30. The van der Waals surface area contributed by atoms with Crippen LogP contribution >= 0.6 is 0 Å². The minimum atomic E-state index is -0.461. The first-order chi connectivity index (χ1) is 8.54. The van der Waals surface area contributed by atoms with Gasteiger partial charge in [-0.15, -0.1) is 0 Å². The van der Waals surface area contributed by atoms with Crippen molar-refractivity contribution in [1.29, 1.82) is 0 Å². The largest absolute Gasteiger partial charge is 0.389 e. The monoisotopic (exact) mass is 250 g/mol. The van der Waals surface area contributed by atoms with E-state index in [4.69, 9.17) is 4.74 Å². The lowest BCUT2D eigenvalue weighted by atomic mass is 9.95. The molecule has 0 radical (unpaired) electrons. The summed E-state index contributed by atoms with van der Waals surface area (Å²) in [6.07, 6.45) is 3.49. The highest BCUT2D eigenvalue weighted by molar-refractivity contribution is 5.40. The zero-order chi connectivity index (χ0) is 13.2. The van der Waals surface area contributed by atoms with Crippen molar-refractivity contribution >= 4 is 5.82 Å². The van der Waals surface area contributed by atoms with E-state index in [0.29, 0.717) is 0 Å². The summed E-state index contributed by atoms with van der Waals surface area (Å²) in [5.41, 5.74) is 0.772. The van der Waals surface area contributed by atoms with Gasteiger partial charge in [0.15, 0.2) is 0 Å². The Bertz CT molecular complexity index is 391. The standard InChI is InChI=1S/C14H22N2O2/c1-11(17)12-5-6-13(15-9-12)16-8-4-7-14(2,10-16)18-3/h5-6,9,11,17H,4,7-8,10H2,1-3H3. The van der Waals surface area contributed by atoms with Gasteiger partial charge in [0.25, 0.3) is 0 Å². The molecule has 1 N–H and O–H groups in total. The fraction of sp³-hybridized carbons (Fsp3) is 0.643. The van der Waals surface area contributed by atoms with Gasteiger partial charge < -0.3 is 14.7 Å². The van der Waals surface area contributed by atoms with Gasteiger partial charge in [-0.1, -0.05) is 6.07 Å². The minimum absolute atomic E-state index is 0.0805. The molecule has 1 aromatic heterocycles. The number of hydrogen-bond acceptors (Lipinski definition) is 4. The molecule has 2 rings (SSSR count). The van der Waals surface area contributed by atoms with Crippen LogP contribution in [-0.2, 0) is 4.74 Å². The molecule has 0 saturated carbocycles. The molecule has 0 aromatic carbocycles. The third-order valence-corrected chi connectivity index (χ3v) is 3.73. The Morgan fingerprint density at radius 3 is 2.83 bits per heavy atom. The Hall–Kier alpha value is -1.13. The first kappa shape index (κ1) is 13.3. The van der Waals surface area contributed by atoms with E-state index in [0.717, 1.165) is 37.3 Å². The van der Waals surface area contributed by atoms with Crippen LogP contribution in [0.15, 0.2) is 18.3 Å². The second kappa shape index (κ2) is 5.24. The Kier molecular flexibility index (Phi) is 3.88. The molecule has 0 aliphatic carbocycles. The van der Waals surface area contributed by atoms with Crippen molar-refractivity contribution in [2.24, 2.45) is 0 Å². The van der Waals surface area contributed by atoms with Crippen molar-refractivity contribution in [2.75, 3.05) is 25.1 Å². The topological polar surface area (TPSA) is 45.6 Å². The molecule has 1 aliphatic heterocycles. The number of aliphatic hydroxyl groups excluding tert-OH is 1. The van der Waals surface area contributed by atoms with E-state index in [-0.39, 0.29) is 5.60 Å². The SMILES string of the molecule is COC1(C)CCCN(c2ccc(C(C)O)cn2)C1. The molecule has 1 fully saturated rings. The summed E-state index contributed by atoms with van der Waals surface area (Å²) in [5, 5.41) is 9.47. The number of rotatable bonds is 3. The number of piperidine rings is 1. The zero-order valence-corrected chi connectivity index (χ0v) is 11.4. The number of aromatic nitrogens is 1. The van der Waals surface area contributed by atoms with Crippen LogP contribution in [0.3, 0.4) is 0 Å². The van der Waals surface area contributed by atoms with Crippen LogP contribution in [0.2, 0.25) is 0 Å². The summed E-state index contributed by atoms with van der Waals surface area (Å²) in [7, 11) is 1.77. The van der Waals surface area contributed by atoms with Gasteiger partial charge in [0.1, 0.15) is 5.82 Å². The van der Waals surface area contributed by atoms with Crippen LogP contribution in [0.5, 0.6) is 0 Å². The summed E-state index contributed by atoms with van der Waals surface area (Å²) < 4.78 is 5.58. The smallest absolute Gasteiger partial charge is 0.128 e. The first-order valence-corrected chi connectivity index (χ1v) is 6.48. The van der Waals surface area contributed by atoms with Gasteiger partial charge in [-0.3, -0.25) is 0 Å². The number of aliphatic hydroxyl groups is 1. The number of nitrogens with zero attached hydrogens (tertiary/aromatic N) is 2. The van der Waals surface area contributed by atoms with E-state index in [1.807, 2.05) is 12.1 Å². The van der Waals surface area contributed by atoms with Crippen LogP contribution < -0.4 is 4.90 Å². The molecular weight excluding hydrogens is 228 g/mol. The molecular formula is C14H22N2O2. The van der Waals surface area contributed by atoms with E-state index in [1.54, 1.807) is 20.2 Å². The number of pyridine rings is 1. The average Bonchev–Trinajstić information content (AvgIpc) is 2.39. The fourth-order valence-electron chi connectivity index (χ4n) is 2.40. The van der Waals surface area contributed by atoms with Crippen LogP contribution in [0.4, 0.5) is 5.82 Å². The summed E-state index contributed by atoms with van der Waals surface area (Å²) in [6, 6.07) is 3.91. The quantitative estimate of drug-likeness (QED) is 0.892. The maximum atomic E-state index is 9.47. The molecule has 2 unspecified atom stereocenters. The molecule has 0 bridgehead atoms. The van der Waals surface area contributed by atoms with E-state index in [9.17, 15) is 5.11 Å². The van der Waals surface area contributed by atoms with E-state index < -0.39 is 6.10 Å². The number of methoxy groups -OCH3 is 1. The Morgan fingerprint density at radius 2 is 2.28 bits per heavy atom. The van der Waals surface area contributed by atoms with E-state index >= 15 is 0 Å². The van der Waals surface area contributed by atoms with Crippen molar-refractivity contribution in [3.05, 3.63) is 23.9 Å². The van der Waals surface area contributed by atoms with E-state index in [2.05, 4.69) is 16.8 Å². The Morgan fingerprint density at radius 1 is 1.50 bits per heavy atom. The zero-order valence-electron chi connectivity index (χ0n) is 11.4. The summed E-state index contributed by atoms with van der Waals surface area (Å²) in [5.74, 6) is 0.961. The molecule has 1 saturated heterocycles. The molecule has 2 atom stereocenters. The molecule has 0 spiro atoms. The fourth-order valence-corrected chi connectivity index (χ4v) is 2.40. The van der Waals surface area contributed by atoms with Crippen molar-refractivity contribution in [1.82, 2.24) is 4.98 Å². The number of anilines is 1. The van der Waals surface area contributed by atoms with Crippen LogP contribution in [0, 0.1) is 0 Å². The van der Waals surface area contributed by atoms with Crippen molar-refractivity contribution in [3.63, 3.8) is 0 Å². The second-order valence-electron chi connectivity index (χ2n) is 5.30. The maximum absolute atomic E-state index is 9.47. The molecule has 100 valence electrons. The predicted octanol–water partition coefficient (Wildman–Crippen LogP) is 2.14. The Balaban J connectivity index is 2.11. The normalized spacial score (nSPS) is 26.1. The van der Waals surface area contributed by atoms with Gasteiger partial charge in [0.05, 0.1) is 11.7 Å². The van der Waals surface area contributed by atoms with Crippen LogP contribution in [-0.4, -0.2) is 35.9 Å². The Labute approximate surface area is 109 Å². The van der Waals surface area contributed by atoms with Crippen molar-refractivity contribution < 1.29 is 9.84 Å². The molecule has 0 amide bonds. The van der Waals surface area contributed by atoms with Crippen LogP contribution in [0.25, 0.3) is 0 Å². The third kappa shape index (κ3) is 2.82. The highest BCUT2D eigenvalue weighted by atomic mass is 16.5. The molecule has 4 nitrogen and oxygen atoms in total. The van der Waals surface area contributed by atoms with Crippen molar-refractivity contribution in [2.45, 2.75) is 38.4 Å². The lowest BCUT2D eigenvalue weighted by Crippen LogP contribution is -2.47. The van der Waals surface area contributed by atoms with Gasteiger partial charge in [-0.25, -0.2) is 4.98 Å². The lowest BCUT2D eigenvalue weighted by molar-refractivity contribution is -0.00481. The maximum Gasteiger partial charge on any atom is 0.128 e. The lowest BCUT2D eigenvalue weighted by Gasteiger charge is -2.40. The molecule has 1 aromatic rings. The van der Waals surface area contributed by atoms with Crippen molar-refractivity contribution in [3.8, 4) is 0 Å². The summed E-state index contributed by atoms with van der Waals surface area (Å²) >= 11 is 0. The highest BCUT2D eigenvalue weighted by Gasteiger charge is 2.31. The van der Waals surface area contributed by atoms with Gasteiger partial charge >= 0.3 is 0 Å². The molecule has 18 heavy (non-hydrogen) atoms. The molecule has 4 heteroatoms. The predicted molar refractivity (Wildman–Crippen MR) is 71.7 cm³/mol. The van der Waals surface area contributed by atoms with Gasteiger partial charge in [0.2, 0.25) is 0 Å². The summed E-state index contributed by atoms with van der Waals surface area (Å²) in [6.45, 7) is 5.77. The van der Waals surface area contributed by atoms with Crippen LogP contribution in [0.1, 0.15) is 38.4 Å². The third-order valence-electron chi connectivity index (χ3n) is 3.73. The van der Waals surface area contributed by atoms with Gasteiger partial charge in [-0.2, -0.15) is 0 Å². The average molecular weight is 250 g/mol. The first-order valence-electron chi connectivity index (χ1n) is 6.48. The van der Waals surface area contributed by atoms with E-state index in [1.165, 1.54) is 0 Å². The molecule has 1 aliphatic rings. The number of ether oxygens (including phenoxy) is 1. The van der Waals surface area contributed by atoms with Gasteiger partial charge in [0, 0.05) is 26.4 Å². The van der Waals surface area contributed by atoms with Gasteiger partial charge in [-0.05, 0) is 38.3 Å². The number of hydrogen-bond donors (Lipinski definition) is 1.